The fourth-order valence-corrected chi connectivity index (χ4v) is 1.91. The number of ether oxygens (including phenoxy) is 1. The first-order valence-electron chi connectivity index (χ1n) is 6.87. The molecule has 0 fully saturated rings. The maximum absolute atomic E-state index is 13.1. The molecule has 1 amide bonds. The van der Waals surface area contributed by atoms with E-state index in [4.69, 9.17) is 4.74 Å². The monoisotopic (exact) mass is 305 g/mol. The predicted molar refractivity (Wildman–Crippen MR) is 81.0 cm³/mol. The summed E-state index contributed by atoms with van der Waals surface area (Å²) < 4.78 is 31.6. The summed E-state index contributed by atoms with van der Waals surface area (Å²) in [6, 6.07) is 8.76. The number of anilines is 1. The Kier molecular flexibility index (Phi) is 4.75. The highest BCUT2D eigenvalue weighted by molar-refractivity contribution is 5.94. The second kappa shape index (κ2) is 6.56. The van der Waals surface area contributed by atoms with Gasteiger partial charge in [-0.05, 0) is 50.1 Å². The molecule has 2 rings (SSSR count). The third kappa shape index (κ3) is 3.61. The molecule has 3 nitrogen and oxygen atoms in total. The molecule has 0 saturated heterocycles. The molecule has 0 aromatic heterocycles. The van der Waals surface area contributed by atoms with Gasteiger partial charge in [-0.25, -0.2) is 8.78 Å². The number of carbonyl (C=O) groups is 1. The smallest absolute Gasteiger partial charge is 0.265 e. The number of benzene rings is 2. The highest BCUT2D eigenvalue weighted by atomic mass is 19.2. The van der Waals surface area contributed by atoms with Crippen molar-refractivity contribution in [2.24, 2.45) is 0 Å². The molecule has 0 radical (unpaired) electrons. The van der Waals surface area contributed by atoms with E-state index < -0.39 is 23.6 Å². The molecule has 0 unspecified atom stereocenters. The predicted octanol–water partition coefficient (Wildman–Crippen LogP) is 3.99. The third-order valence-electron chi connectivity index (χ3n) is 3.42. The number of carbonyl (C=O) groups excluding carboxylic acids is 1. The van der Waals surface area contributed by atoms with E-state index in [1.165, 1.54) is 6.07 Å². The summed E-state index contributed by atoms with van der Waals surface area (Å²) in [6.07, 6.45) is -0.770. The lowest BCUT2D eigenvalue weighted by atomic mass is 10.1. The maximum Gasteiger partial charge on any atom is 0.265 e. The molecule has 1 atom stereocenters. The molecule has 1 N–H and O–H groups in total. The van der Waals surface area contributed by atoms with E-state index in [1.807, 2.05) is 26.0 Å². The van der Waals surface area contributed by atoms with E-state index in [1.54, 1.807) is 13.0 Å². The molecule has 2 aromatic carbocycles. The minimum Gasteiger partial charge on any atom is -0.481 e. The normalized spacial score (nSPS) is 11.9. The van der Waals surface area contributed by atoms with Crippen LogP contribution < -0.4 is 10.1 Å². The minimum atomic E-state index is -1.01. The first-order chi connectivity index (χ1) is 10.4. The van der Waals surface area contributed by atoms with Crippen molar-refractivity contribution in [1.29, 1.82) is 0 Å². The number of nitrogens with one attached hydrogen (secondary N) is 1. The van der Waals surface area contributed by atoms with Crippen molar-refractivity contribution in [3.8, 4) is 5.75 Å². The summed E-state index contributed by atoms with van der Waals surface area (Å²) in [5.41, 5.74) is 2.20. The fourth-order valence-electron chi connectivity index (χ4n) is 1.91. The lowest BCUT2D eigenvalue weighted by Gasteiger charge is -2.17. The van der Waals surface area contributed by atoms with E-state index in [2.05, 4.69) is 5.32 Å². The molecular formula is C17H17F2NO2. The largest absolute Gasteiger partial charge is 0.481 e. The van der Waals surface area contributed by atoms with E-state index in [0.29, 0.717) is 5.75 Å². The molecule has 5 heteroatoms. The number of halogens is 2. The van der Waals surface area contributed by atoms with Gasteiger partial charge in [-0.3, -0.25) is 4.79 Å². The summed E-state index contributed by atoms with van der Waals surface area (Å²) in [5, 5.41) is 2.49. The number of aryl methyl sites for hydroxylation is 1. The third-order valence-corrected chi connectivity index (χ3v) is 3.42. The van der Waals surface area contributed by atoms with E-state index in [0.717, 1.165) is 23.3 Å². The van der Waals surface area contributed by atoms with Gasteiger partial charge in [-0.1, -0.05) is 12.1 Å². The number of amides is 1. The SMILES string of the molecule is Cc1cccc(O[C@@H](C)C(=O)Nc2ccc(F)c(F)c2)c1C. The molecule has 0 spiro atoms. The van der Waals surface area contributed by atoms with Crippen LogP contribution in [-0.2, 0) is 4.79 Å². The first-order valence-corrected chi connectivity index (χ1v) is 6.87. The van der Waals surface area contributed by atoms with Crippen LogP contribution in [0.3, 0.4) is 0 Å². The zero-order chi connectivity index (χ0) is 16.3. The van der Waals surface area contributed by atoms with Gasteiger partial charge < -0.3 is 10.1 Å². The molecule has 0 aliphatic carbocycles. The highest BCUT2D eigenvalue weighted by Gasteiger charge is 2.17. The Bertz CT molecular complexity index is 701. The summed E-state index contributed by atoms with van der Waals surface area (Å²) in [7, 11) is 0. The lowest BCUT2D eigenvalue weighted by molar-refractivity contribution is -0.122. The van der Waals surface area contributed by atoms with Gasteiger partial charge >= 0.3 is 0 Å². The van der Waals surface area contributed by atoms with Crippen LogP contribution in [0.25, 0.3) is 0 Å². The molecule has 0 saturated carbocycles. The average Bonchev–Trinajstić information content (AvgIpc) is 2.47. The Labute approximate surface area is 127 Å². The van der Waals surface area contributed by atoms with Crippen LogP contribution in [0.5, 0.6) is 5.75 Å². The summed E-state index contributed by atoms with van der Waals surface area (Å²) in [4.78, 5) is 12.1. The van der Waals surface area contributed by atoms with Crippen molar-refractivity contribution >= 4 is 11.6 Å². The minimum absolute atomic E-state index is 0.181. The average molecular weight is 305 g/mol. The van der Waals surface area contributed by atoms with Crippen molar-refractivity contribution in [2.75, 3.05) is 5.32 Å². The highest BCUT2D eigenvalue weighted by Crippen LogP contribution is 2.22. The number of hydrogen-bond acceptors (Lipinski definition) is 2. The van der Waals surface area contributed by atoms with Gasteiger partial charge in [0.05, 0.1) is 0 Å². The van der Waals surface area contributed by atoms with E-state index >= 15 is 0 Å². The van der Waals surface area contributed by atoms with Crippen molar-refractivity contribution in [1.82, 2.24) is 0 Å². The van der Waals surface area contributed by atoms with Crippen LogP contribution in [0.15, 0.2) is 36.4 Å². The second-order valence-electron chi connectivity index (χ2n) is 5.08. The summed E-state index contributed by atoms with van der Waals surface area (Å²) >= 11 is 0. The standard InChI is InChI=1S/C17H17F2NO2/c1-10-5-4-6-16(11(10)2)22-12(3)17(21)20-13-7-8-14(18)15(19)9-13/h4-9,12H,1-3H3,(H,20,21)/t12-/m0/s1. The van der Waals surface area contributed by atoms with Gasteiger partial charge in [0, 0.05) is 11.8 Å². The Hall–Kier alpha value is -2.43. The van der Waals surface area contributed by atoms with Crippen molar-refractivity contribution in [3.05, 3.63) is 59.2 Å². The molecule has 0 bridgehead atoms. The van der Waals surface area contributed by atoms with Gasteiger partial charge in [-0.15, -0.1) is 0 Å². The van der Waals surface area contributed by atoms with Gasteiger partial charge in [0.25, 0.3) is 5.91 Å². The molecule has 116 valence electrons. The lowest BCUT2D eigenvalue weighted by Crippen LogP contribution is -2.30. The molecular weight excluding hydrogens is 288 g/mol. The van der Waals surface area contributed by atoms with Gasteiger partial charge in [-0.2, -0.15) is 0 Å². The van der Waals surface area contributed by atoms with Crippen molar-refractivity contribution < 1.29 is 18.3 Å². The zero-order valence-corrected chi connectivity index (χ0v) is 12.6. The van der Waals surface area contributed by atoms with Crippen molar-refractivity contribution in [2.45, 2.75) is 26.9 Å². The molecule has 0 aliphatic rings. The van der Waals surface area contributed by atoms with Gasteiger partial charge in [0.1, 0.15) is 5.75 Å². The molecule has 0 aliphatic heterocycles. The van der Waals surface area contributed by atoms with Crippen LogP contribution in [0.1, 0.15) is 18.1 Å². The molecule has 2 aromatic rings. The summed E-state index contributed by atoms with van der Waals surface area (Å²) in [6.45, 7) is 5.45. The fraction of sp³-hybridized carbons (Fsp3) is 0.235. The van der Waals surface area contributed by atoms with Crippen LogP contribution in [0.4, 0.5) is 14.5 Å². The Morgan fingerprint density at radius 2 is 1.86 bits per heavy atom. The van der Waals surface area contributed by atoms with Crippen LogP contribution in [-0.4, -0.2) is 12.0 Å². The second-order valence-corrected chi connectivity index (χ2v) is 5.08. The molecule has 22 heavy (non-hydrogen) atoms. The Balaban J connectivity index is 2.06. The van der Waals surface area contributed by atoms with Crippen LogP contribution in [0.2, 0.25) is 0 Å². The quantitative estimate of drug-likeness (QED) is 0.927. The Morgan fingerprint density at radius 1 is 1.14 bits per heavy atom. The zero-order valence-electron chi connectivity index (χ0n) is 12.6. The molecule has 0 heterocycles. The van der Waals surface area contributed by atoms with E-state index in [9.17, 15) is 13.6 Å². The van der Waals surface area contributed by atoms with Crippen molar-refractivity contribution in [3.63, 3.8) is 0 Å². The van der Waals surface area contributed by atoms with Gasteiger partial charge in [0.2, 0.25) is 0 Å². The van der Waals surface area contributed by atoms with E-state index in [-0.39, 0.29) is 5.69 Å². The number of hydrogen-bond donors (Lipinski definition) is 1. The first kappa shape index (κ1) is 15.9. The Morgan fingerprint density at radius 3 is 2.55 bits per heavy atom. The topological polar surface area (TPSA) is 38.3 Å². The van der Waals surface area contributed by atoms with Gasteiger partial charge in [0.15, 0.2) is 17.7 Å². The maximum atomic E-state index is 13.1. The van der Waals surface area contributed by atoms with Crippen LogP contribution in [0, 0.1) is 25.5 Å². The van der Waals surface area contributed by atoms with Crippen LogP contribution >= 0.6 is 0 Å². The summed E-state index contributed by atoms with van der Waals surface area (Å²) in [5.74, 6) is -1.79. The number of rotatable bonds is 4.